The van der Waals surface area contributed by atoms with Crippen LogP contribution in [0, 0.1) is 5.41 Å². The fourth-order valence-corrected chi connectivity index (χ4v) is 3.39. The molecule has 0 aromatic carbocycles. The summed E-state index contributed by atoms with van der Waals surface area (Å²) in [5.41, 5.74) is -0.673. The number of rotatable bonds is 5. The number of esters is 2. The zero-order chi connectivity index (χ0) is 30.5. The molecule has 0 bridgehead atoms. The number of pyridine rings is 2. The van der Waals surface area contributed by atoms with E-state index in [9.17, 15) is 9.59 Å². The van der Waals surface area contributed by atoms with E-state index < -0.39 is 23.1 Å². The molecule has 218 valence electrons. The van der Waals surface area contributed by atoms with Gasteiger partial charge in [0, 0.05) is 12.3 Å². The first-order valence-electron chi connectivity index (χ1n) is 12.4. The van der Waals surface area contributed by atoms with Crippen molar-refractivity contribution in [2.75, 3.05) is 6.61 Å². The third kappa shape index (κ3) is 11.3. The normalized spacial score (nSPS) is 11.8. The summed E-state index contributed by atoms with van der Waals surface area (Å²) < 4.78 is 17.6. The quantitative estimate of drug-likeness (QED) is 0.213. The van der Waals surface area contributed by atoms with Crippen LogP contribution in [0.3, 0.4) is 0 Å². The molecule has 0 unspecified atom stereocenters. The summed E-state index contributed by atoms with van der Waals surface area (Å²) in [6, 6.07) is 7.98. The van der Waals surface area contributed by atoms with E-state index in [1.165, 1.54) is 12.1 Å². The van der Waals surface area contributed by atoms with E-state index in [4.69, 9.17) is 49.0 Å². The van der Waals surface area contributed by atoms with Crippen molar-refractivity contribution in [1.82, 2.24) is 19.7 Å². The number of carbonyl (C=O) groups is 2. The fourth-order valence-electron chi connectivity index (χ4n) is 2.74. The first kappa shape index (κ1) is 33.3. The summed E-state index contributed by atoms with van der Waals surface area (Å²) >= 11 is 17.5. The molecule has 0 fully saturated rings. The number of hydrogen-bond donors (Lipinski definition) is 0. The Bertz CT molecular complexity index is 1340. The molecule has 9 nitrogen and oxygen atoms in total. The Morgan fingerprint density at radius 2 is 1.25 bits per heavy atom. The van der Waals surface area contributed by atoms with Gasteiger partial charge in [0.25, 0.3) is 0 Å². The Hall–Kier alpha value is -2.88. The molecule has 3 heterocycles. The van der Waals surface area contributed by atoms with E-state index in [0.29, 0.717) is 18.3 Å². The molecule has 3 aromatic heterocycles. The second kappa shape index (κ2) is 13.2. The van der Waals surface area contributed by atoms with Gasteiger partial charge >= 0.3 is 11.9 Å². The van der Waals surface area contributed by atoms with Crippen LogP contribution in [0.4, 0.5) is 0 Å². The topological polar surface area (TPSA) is 105 Å². The molecule has 0 aliphatic carbocycles. The molecule has 0 amide bonds. The third-order valence-electron chi connectivity index (χ3n) is 4.34. The van der Waals surface area contributed by atoms with Crippen LogP contribution >= 0.6 is 34.8 Å². The molecule has 0 spiro atoms. The Kier molecular flexibility index (Phi) is 11.0. The van der Waals surface area contributed by atoms with Gasteiger partial charge in [-0.1, -0.05) is 55.6 Å². The van der Waals surface area contributed by atoms with E-state index >= 15 is 0 Å². The number of halogens is 3. The fraction of sp³-hybridized carbons (Fsp3) is 0.464. The van der Waals surface area contributed by atoms with Crippen molar-refractivity contribution in [2.24, 2.45) is 5.41 Å². The molecule has 0 aliphatic rings. The summed E-state index contributed by atoms with van der Waals surface area (Å²) in [6.07, 6.45) is 1.73. The zero-order valence-electron chi connectivity index (χ0n) is 24.1. The predicted octanol–water partition coefficient (Wildman–Crippen LogP) is 7.64. The molecular formula is C28H35Cl3N4O5. The second-order valence-electron chi connectivity index (χ2n) is 11.9. The lowest BCUT2D eigenvalue weighted by molar-refractivity contribution is 0.00567. The van der Waals surface area contributed by atoms with E-state index in [2.05, 4.69) is 35.8 Å². The molecule has 3 rings (SSSR count). The van der Waals surface area contributed by atoms with Crippen molar-refractivity contribution in [1.29, 1.82) is 0 Å². The molecule has 40 heavy (non-hydrogen) atoms. The van der Waals surface area contributed by atoms with Crippen LogP contribution in [0.5, 0.6) is 5.88 Å². The molecule has 0 saturated heterocycles. The summed E-state index contributed by atoms with van der Waals surface area (Å²) in [4.78, 5) is 31.7. The standard InChI is InChI=1S/C18H24ClN3O3.C10H11Cl2NO2/c1-17(2,3)11-24-14-9-10-22(21-14)13-8-7-12(15(19)20-13)16(23)25-18(4,5)6;1-10(2,3)15-9(14)6-4-5-7(11)13-8(6)12/h7-10H,11H2,1-6H3;4-5H,1-3H3. The lowest BCUT2D eigenvalue weighted by atomic mass is 9.99. The molecule has 0 radical (unpaired) electrons. The molecule has 0 saturated carbocycles. The largest absolute Gasteiger partial charge is 0.476 e. The van der Waals surface area contributed by atoms with Crippen LogP contribution in [-0.2, 0) is 9.47 Å². The molecule has 0 atom stereocenters. The lowest BCUT2D eigenvalue weighted by Gasteiger charge is -2.19. The molecule has 0 aliphatic heterocycles. The Labute approximate surface area is 250 Å². The van der Waals surface area contributed by atoms with Crippen molar-refractivity contribution >= 4 is 46.7 Å². The predicted molar refractivity (Wildman–Crippen MR) is 156 cm³/mol. The van der Waals surface area contributed by atoms with Gasteiger partial charge in [0.1, 0.15) is 26.7 Å². The van der Waals surface area contributed by atoms with Crippen molar-refractivity contribution in [3.8, 4) is 11.7 Å². The van der Waals surface area contributed by atoms with Gasteiger partial charge < -0.3 is 14.2 Å². The van der Waals surface area contributed by atoms with Crippen molar-refractivity contribution in [3.05, 3.63) is 63.1 Å². The van der Waals surface area contributed by atoms with Crippen LogP contribution in [0.25, 0.3) is 5.82 Å². The number of ether oxygens (including phenoxy) is 3. The Balaban J connectivity index is 0.000000319. The van der Waals surface area contributed by atoms with Gasteiger partial charge in [0.05, 0.1) is 17.7 Å². The highest BCUT2D eigenvalue weighted by Crippen LogP contribution is 2.22. The lowest BCUT2D eigenvalue weighted by Crippen LogP contribution is -2.24. The van der Waals surface area contributed by atoms with Gasteiger partial charge in [-0.3, -0.25) is 0 Å². The number of nitrogens with zero attached hydrogens (tertiary/aromatic N) is 4. The van der Waals surface area contributed by atoms with E-state index in [1.807, 2.05) is 0 Å². The van der Waals surface area contributed by atoms with E-state index in [0.717, 1.165) is 0 Å². The summed E-state index contributed by atoms with van der Waals surface area (Å²) in [6.45, 7) is 17.5. The first-order chi connectivity index (χ1) is 18.2. The van der Waals surface area contributed by atoms with Gasteiger partial charge in [-0.15, -0.1) is 5.10 Å². The van der Waals surface area contributed by atoms with Crippen LogP contribution in [0.1, 0.15) is 83.0 Å². The van der Waals surface area contributed by atoms with Gasteiger partial charge in [-0.05, 0) is 71.2 Å². The first-order valence-corrected chi connectivity index (χ1v) is 13.5. The van der Waals surface area contributed by atoms with Crippen LogP contribution in [-0.4, -0.2) is 49.5 Å². The summed E-state index contributed by atoms with van der Waals surface area (Å²) in [7, 11) is 0. The minimum Gasteiger partial charge on any atom is -0.476 e. The number of hydrogen-bond acceptors (Lipinski definition) is 8. The molecule has 12 heteroatoms. The highest BCUT2D eigenvalue weighted by Gasteiger charge is 2.22. The Morgan fingerprint density at radius 3 is 1.70 bits per heavy atom. The molecule has 3 aromatic rings. The van der Waals surface area contributed by atoms with Gasteiger partial charge in [0.2, 0.25) is 5.88 Å². The third-order valence-corrected chi connectivity index (χ3v) is 5.13. The van der Waals surface area contributed by atoms with Gasteiger partial charge in [-0.2, -0.15) is 0 Å². The monoisotopic (exact) mass is 612 g/mol. The minimum atomic E-state index is -0.597. The number of carbonyl (C=O) groups excluding carboxylic acids is 2. The maximum absolute atomic E-state index is 12.1. The Morgan fingerprint density at radius 1 is 0.750 bits per heavy atom. The highest BCUT2D eigenvalue weighted by molar-refractivity contribution is 6.34. The van der Waals surface area contributed by atoms with Crippen LogP contribution < -0.4 is 4.74 Å². The smallest absolute Gasteiger partial charge is 0.341 e. The van der Waals surface area contributed by atoms with Crippen molar-refractivity contribution < 1.29 is 23.8 Å². The average Bonchev–Trinajstić information content (AvgIpc) is 3.24. The van der Waals surface area contributed by atoms with Crippen LogP contribution in [0.2, 0.25) is 15.5 Å². The average molecular weight is 614 g/mol. The highest BCUT2D eigenvalue weighted by atomic mass is 35.5. The zero-order valence-corrected chi connectivity index (χ0v) is 26.4. The van der Waals surface area contributed by atoms with Gasteiger partial charge in [-0.25, -0.2) is 24.2 Å². The minimum absolute atomic E-state index is 0.0421. The van der Waals surface area contributed by atoms with E-state index in [-0.39, 0.29) is 32.0 Å². The second-order valence-corrected chi connectivity index (χ2v) is 13.0. The molecule has 0 N–H and O–H groups in total. The van der Waals surface area contributed by atoms with E-state index in [1.54, 1.807) is 70.6 Å². The maximum atomic E-state index is 12.1. The van der Waals surface area contributed by atoms with Crippen LogP contribution in [0.15, 0.2) is 36.5 Å². The SMILES string of the molecule is CC(C)(C)COc1ccn(-c2ccc(C(=O)OC(C)(C)C)c(Cl)n2)n1.CC(C)(C)OC(=O)c1ccc(Cl)nc1Cl. The summed E-state index contributed by atoms with van der Waals surface area (Å²) in [5.74, 6) is -0.0186. The summed E-state index contributed by atoms with van der Waals surface area (Å²) in [5, 5.41) is 4.68. The van der Waals surface area contributed by atoms with Crippen molar-refractivity contribution in [2.45, 2.75) is 73.5 Å². The van der Waals surface area contributed by atoms with Gasteiger partial charge in [0.15, 0.2) is 5.82 Å². The van der Waals surface area contributed by atoms with Crippen molar-refractivity contribution in [3.63, 3.8) is 0 Å². The maximum Gasteiger partial charge on any atom is 0.341 e. The number of aromatic nitrogens is 4. The molecular weight excluding hydrogens is 579 g/mol.